The number of rotatable bonds is 3. The quantitative estimate of drug-likeness (QED) is 0.714. The van der Waals surface area contributed by atoms with Crippen molar-refractivity contribution in [3.05, 3.63) is 41.2 Å². The molecular formula is C12H13FO2. The van der Waals surface area contributed by atoms with Crippen LogP contribution in [0.3, 0.4) is 0 Å². The second kappa shape index (κ2) is 5.29. The molecule has 0 heterocycles. The predicted molar refractivity (Wildman–Crippen MR) is 56.8 cm³/mol. The molecule has 0 N–H and O–H groups in total. The van der Waals surface area contributed by atoms with Crippen molar-refractivity contribution >= 4 is 12.0 Å². The maximum absolute atomic E-state index is 13.4. The minimum Gasteiger partial charge on any atom is -0.469 e. The lowest BCUT2D eigenvalue weighted by atomic mass is 10.1. The number of methoxy groups -OCH3 is 1. The molecule has 2 nitrogen and oxygen atoms in total. The van der Waals surface area contributed by atoms with E-state index in [1.807, 2.05) is 0 Å². The highest BCUT2D eigenvalue weighted by atomic mass is 19.1. The summed E-state index contributed by atoms with van der Waals surface area (Å²) in [6.07, 6.45) is 3.33. The van der Waals surface area contributed by atoms with Crippen LogP contribution in [0.2, 0.25) is 0 Å². The van der Waals surface area contributed by atoms with E-state index in [9.17, 15) is 9.18 Å². The van der Waals surface area contributed by atoms with E-state index in [0.29, 0.717) is 11.1 Å². The number of hydrogen-bond donors (Lipinski definition) is 0. The Hall–Kier alpha value is -1.64. The number of carbonyl (C=O) groups is 1. The molecule has 80 valence electrons. The zero-order chi connectivity index (χ0) is 11.3. The molecule has 15 heavy (non-hydrogen) atoms. The van der Waals surface area contributed by atoms with E-state index in [2.05, 4.69) is 4.74 Å². The van der Waals surface area contributed by atoms with Gasteiger partial charge in [0, 0.05) is 5.56 Å². The first kappa shape index (κ1) is 11.4. The molecule has 0 radical (unpaired) electrons. The van der Waals surface area contributed by atoms with Crippen molar-refractivity contribution < 1.29 is 13.9 Å². The Morgan fingerprint density at radius 2 is 2.27 bits per heavy atom. The molecule has 1 aromatic rings. The number of ether oxygens (including phenoxy) is 1. The summed E-state index contributed by atoms with van der Waals surface area (Å²) in [6.45, 7) is 1.70. The molecule has 1 aromatic carbocycles. The van der Waals surface area contributed by atoms with Gasteiger partial charge in [0.2, 0.25) is 0 Å². The van der Waals surface area contributed by atoms with Gasteiger partial charge in [-0.2, -0.15) is 0 Å². The maximum atomic E-state index is 13.4. The molecule has 0 amide bonds. The maximum Gasteiger partial charge on any atom is 0.309 e. The van der Waals surface area contributed by atoms with Crippen LogP contribution >= 0.6 is 0 Å². The topological polar surface area (TPSA) is 26.3 Å². The first-order chi connectivity index (χ1) is 7.15. The van der Waals surface area contributed by atoms with Gasteiger partial charge in [-0.25, -0.2) is 4.39 Å². The summed E-state index contributed by atoms with van der Waals surface area (Å²) < 4.78 is 17.9. The van der Waals surface area contributed by atoms with Crippen LogP contribution in [0.25, 0.3) is 6.08 Å². The van der Waals surface area contributed by atoms with Crippen LogP contribution in [0, 0.1) is 12.7 Å². The highest BCUT2D eigenvalue weighted by Crippen LogP contribution is 2.13. The zero-order valence-corrected chi connectivity index (χ0v) is 8.79. The Labute approximate surface area is 88.4 Å². The van der Waals surface area contributed by atoms with Crippen molar-refractivity contribution in [1.82, 2.24) is 0 Å². The van der Waals surface area contributed by atoms with Crippen LogP contribution in [-0.4, -0.2) is 13.1 Å². The van der Waals surface area contributed by atoms with Crippen molar-refractivity contribution in [1.29, 1.82) is 0 Å². The minimum absolute atomic E-state index is 0.157. The van der Waals surface area contributed by atoms with Crippen LogP contribution < -0.4 is 0 Å². The number of hydrogen-bond acceptors (Lipinski definition) is 2. The van der Waals surface area contributed by atoms with E-state index < -0.39 is 0 Å². The predicted octanol–water partition coefficient (Wildman–Crippen LogP) is 2.71. The molecule has 1 rings (SSSR count). The summed E-state index contributed by atoms with van der Waals surface area (Å²) in [5, 5.41) is 0. The smallest absolute Gasteiger partial charge is 0.309 e. The summed E-state index contributed by atoms with van der Waals surface area (Å²) >= 11 is 0. The molecule has 0 aliphatic heterocycles. The molecule has 0 saturated carbocycles. The molecule has 0 saturated heterocycles. The second-order valence-electron chi connectivity index (χ2n) is 3.16. The van der Waals surface area contributed by atoms with Gasteiger partial charge in [0.1, 0.15) is 5.82 Å². The summed E-state index contributed by atoms with van der Waals surface area (Å²) in [6, 6.07) is 5.14. The second-order valence-corrected chi connectivity index (χ2v) is 3.16. The first-order valence-corrected chi connectivity index (χ1v) is 4.63. The Morgan fingerprint density at radius 1 is 1.53 bits per heavy atom. The average Bonchev–Trinajstić information content (AvgIpc) is 2.24. The van der Waals surface area contributed by atoms with E-state index in [1.165, 1.54) is 7.11 Å². The van der Waals surface area contributed by atoms with Crippen molar-refractivity contribution in [2.45, 2.75) is 13.3 Å². The van der Waals surface area contributed by atoms with Gasteiger partial charge >= 0.3 is 5.97 Å². The van der Waals surface area contributed by atoms with E-state index in [1.54, 1.807) is 37.3 Å². The van der Waals surface area contributed by atoms with Crippen LogP contribution in [0.5, 0.6) is 0 Å². The van der Waals surface area contributed by atoms with Gasteiger partial charge in [0.05, 0.1) is 13.5 Å². The molecule has 3 heteroatoms. The largest absolute Gasteiger partial charge is 0.469 e. The lowest BCUT2D eigenvalue weighted by Gasteiger charge is -1.99. The van der Waals surface area contributed by atoms with Crippen LogP contribution in [0.1, 0.15) is 17.5 Å². The van der Waals surface area contributed by atoms with Crippen LogP contribution in [0.4, 0.5) is 4.39 Å². The zero-order valence-electron chi connectivity index (χ0n) is 8.79. The van der Waals surface area contributed by atoms with E-state index >= 15 is 0 Å². The lowest BCUT2D eigenvalue weighted by Crippen LogP contribution is -1.96. The summed E-state index contributed by atoms with van der Waals surface area (Å²) in [5.74, 6) is -0.585. The molecule has 0 atom stereocenters. The fourth-order valence-corrected chi connectivity index (χ4v) is 1.16. The van der Waals surface area contributed by atoms with Gasteiger partial charge in [-0.3, -0.25) is 4.79 Å². The number of benzene rings is 1. The molecule has 0 aliphatic carbocycles. The van der Waals surface area contributed by atoms with Crippen LogP contribution in [0.15, 0.2) is 24.3 Å². The van der Waals surface area contributed by atoms with E-state index in [-0.39, 0.29) is 18.2 Å². The lowest BCUT2D eigenvalue weighted by molar-refractivity contribution is -0.139. The summed E-state index contributed by atoms with van der Waals surface area (Å²) in [7, 11) is 1.32. The highest BCUT2D eigenvalue weighted by Gasteiger charge is 2.01. The Kier molecular flexibility index (Phi) is 4.03. The number of esters is 1. The molecule has 0 fully saturated rings. The number of aryl methyl sites for hydroxylation is 1. The van der Waals surface area contributed by atoms with Crippen molar-refractivity contribution in [2.24, 2.45) is 0 Å². The van der Waals surface area contributed by atoms with Gasteiger partial charge in [-0.15, -0.1) is 0 Å². The molecule has 0 unspecified atom stereocenters. The standard InChI is InChI=1S/C12H13FO2/c1-9-5-3-6-10(12(9)13)7-4-8-11(14)15-2/h3-7H,8H2,1-2H3. The minimum atomic E-state index is -0.334. The van der Waals surface area contributed by atoms with Crippen molar-refractivity contribution in [2.75, 3.05) is 7.11 Å². The number of carbonyl (C=O) groups excluding carboxylic acids is 1. The van der Waals surface area contributed by atoms with Gasteiger partial charge in [-0.1, -0.05) is 30.4 Å². The van der Waals surface area contributed by atoms with E-state index in [0.717, 1.165) is 0 Å². The summed E-state index contributed by atoms with van der Waals surface area (Å²) in [5.41, 5.74) is 1.08. The third kappa shape index (κ3) is 3.20. The van der Waals surface area contributed by atoms with Crippen molar-refractivity contribution in [3.63, 3.8) is 0 Å². The molecule has 0 aliphatic rings. The molecule has 0 spiro atoms. The normalized spacial score (nSPS) is 10.6. The third-order valence-corrected chi connectivity index (χ3v) is 2.03. The van der Waals surface area contributed by atoms with Gasteiger partial charge in [0.25, 0.3) is 0 Å². The third-order valence-electron chi connectivity index (χ3n) is 2.03. The first-order valence-electron chi connectivity index (χ1n) is 4.63. The van der Waals surface area contributed by atoms with Crippen LogP contribution in [-0.2, 0) is 9.53 Å². The SMILES string of the molecule is COC(=O)CC=Cc1cccc(C)c1F. The number of halogens is 1. The Balaban J connectivity index is 2.72. The van der Waals surface area contributed by atoms with E-state index in [4.69, 9.17) is 0 Å². The van der Waals surface area contributed by atoms with Gasteiger partial charge in [0.15, 0.2) is 0 Å². The Bertz CT molecular complexity index is 383. The summed E-state index contributed by atoms with van der Waals surface area (Å²) in [4.78, 5) is 10.8. The fraction of sp³-hybridized carbons (Fsp3) is 0.250. The van der Waals surface area contributed by atoms with Gasteiger partial charge < -0.3 is 4.74 Å². The van der Waals surface area contributed by atoms with Gasteiger partial charge in [-0.05, 0) is 12.5 Å². The fourth-order valence-electron chi connectivity index (χ4n) is 1.16. The monoisotopic (exact) mass is 208 g/mol. The van der Waals surface area contributed by atoms with Crippen molar-refractivity contribution in [3.8, 4) is 0 Å². The molecule has 0 aromatic heterocycles. The highest BCUT2D eigenvalue weighted by molar-refractivity contribution is 5.72. The Morgan fingerprint density at radius 3 is 2.93 bits per heavy atom. The molecule has 0 bridgehead atoms. The average molecular weight is 208 g/mol. The molecular weight excluding hydrogens is 195 g/mol.